The molecule has 2 heterocycles. The van der Waals surface area contributed by atoms with Crippen LogP contribution >= 0.6 is 11.3 Å². The summed E-state index contributed by atoms with van der Waals surface area (Å²) < 4.78 is 5.36. The Hall–Kier alpha value is -2.40. The smallest absolute Gasteiger partial charge is 0.320 e. The van der Waals surface area contributed by atoms with Crippen molar-refractivity contribution in [2.45, 2.75) is 45.1 Å². The van der Waals surface area contributed by atoms with Crippen LogP contribution in [-0.4, -0.2) is 81.4 Å². The van der Waals surface area contributed by atoms with E-state index < -0.39 is 11.7 Å². The van der Waals surface area contributed by atoms with Crippen molar-refractivity contribution in [3.05, 3.63) is 40.3 Å². The number of carbonyl (C=O) groups excluding carboxylic acids is 2. The molecule has 0 saturated carbocycles. The molecule has 0 spiro atoms. The number of anilines is 1. The average Bonchev–Trinajstić information content (AvgIpc) is 3.28. The van der Waals surface area contributed by atoms with Gasteiger partial charge in [-0.2, -0.15) is 0 Å². The Balaban J connectivity index is 1.52. The first-order chi connectivity index (χ1) is 14.6. The van der Waals surface area contributed by atoms with Crippen molar-refractivity contribution in [1.29, 1.82) is 0 Å². The zero-order valence-electron chi connectivity index (χ0n) is 18.2. The number of aliphatic hydroxyl groups excluding tert-OH is 1. The topological polar surface area (TPSA) is 108 Å². The number of nitrogens with one attached hydrogen (secondary N) is 1. The van der Waals surface area contributed by atoms with E-state index in [4.69, 9.17) is 4.74 Å². The lowest BCUT2D eigenvalue weighted by Gasteiger charge is -2.27. The summed E-state index contributed by atoms with van der Waals surface area (Å²) in [5.41, 5.74) is 0.156. The van der Waals surface area contributed by atoms with Gasteiger partial charge in [0.25, 0.3) is 5.91 Å². The van der Waals surface area contributed by atoms with E-state index in [9.17, 15) is 14.7 Å². The highest BCUT2D eigenvalue weighted by atomic mass is 32.1. The third-order valence-electron chi connectivity index (χ3n) is 4.75. The maximum Gasteiger partial charge on any atom is 0.320 e. The second kappa shape index (κ2) is 9.82. The molecule has 1 aromatic heterocycles. The van der Waals surface area contributed by atoms with E-state index in [-0.39, 0.29) is 29.5 Å². The van der Waals surface area contributed by atoms with Gasteiger partial charge < -0.3 is 15.2 Å². The molecule has 1 saturated heterocycles. The molecule has 3 rings (SSSR count). The van der Waals surface area contributed by atoms with Crippen LogP contribution in [0.4, 0.5) is 5.69 Å². The standard InChI is InChI=1S/C21H29N5O4S/c1-21(2,3)30-18(28)13-25(4)15-10-26(11-16(15)27)12-17-23-24-20(31-17)19(29)22-14-8-6-5-7-9-14/h5-9,15-16,27H,10-13H2,1-4H3,(H,22,29)/t15-,16-/m1/s1. The molecule has 0 aliphatic carbocycles. The van der Waals surface area contributed by atoms with Gasteiger partial charge in [-0.15, -0.1) is 10.2 Å². The number of ether oxygens (including phenoxy) is 1. The number of benzene rings is 1. The van der Waals surface area contributed by atoms with Crippen molar-refractivity contribution in [1.82, 2.24) is 20.0 Å². The Bertz CT molecular complexity index is 899. The number of hydrogen-bond donors (Lipinski definition) is 2. The van der Waals surface area contributed by atoms with Crippen molar-refractivity contribution in [2.24, 2.45) is 0 Å². The maximum absolute atomic E-state index is 12.4. The first kappa shape index (κ1) is 23.3. The first-order valence-electron chi connectivity index (χ1n) is 10.1. The normalized spacial score (nSPS) is 19.5. The number of likely N-dealkylation sites (tertiary alicyclic amines) is 1. The molecule has 168 valence electrons. The fraction of sp³-hybridized carbons (Fsp3) is 0.524. The molecule has 2 aromatic rings. The number of amides is 1. The number of rotatable bonds is 7. The molecule has 10 heteroatoms. The van der Waals surface area contributed by atoms with Crippen LogP contribution in [0.1, 0.15) is 35.6 Å². The molecule has 1 aliphatic heterocycles. The minimum atomic E-state index is -0.596. The minimum absolute atomic E-state index is 0.107. The fourth-order valence-electron chi connectivity index (χ4n) is 3.41. The monoisotopic (exact) mass is 447 g/mol. The van der Waals surface area contributed by atoms with Crippen molar-refractivity contribution in [3.63, 3.8) is 0 Å². The predicted octanol–water partition coefficient (Wildman–Crippen LogP) is 1.61. The van der Waals surface area contributed by atoms with Gasteiger partial charge in [-0.25, -0.2) is 0 Å². The number of nitrogens with zero attached hydrogens (tertiary/aromatic N) is 4. The summed E-state index contributed by atoms with van der Waals surface area (Å²) in [5, 5.41) is 22.4. The molecule has 1 amide bonds. The zero-order chi connectivity index (χ0) is 22.6. The summed E-state index contributed by atoms with van der Waals surface area (Å²) in [5.74, 6) is -0.620. The van der Waals surface area contributed by atoms with Crippen LogP contribution in [0.3, 0.4) is 0 Å². The number of aliphatic hydroxyl groups is 1. The molecular weight excluding hydrogens is 418 g/mol. The SMILES string of the molecule is CN(CC(=O)OC(C)(C)C)[C@@H]1CN(Cc2nnc(C(=O)Nc3ccccc3)s2)C[C@H]1O. The molecule has 0 unspecified atom stereocenters. The number of aromatic nitrogens is 2. The van der Waals surface area contributed by atoms with E-state index in [0.29, 0.717) is 30.3 Å². The van der Waals surface area contributed by atoms with Crippen LogP contribution in [0.2, 0.25) is 0 Å². The molecule has 0 radical (unpaired) electrons. The second-order valence-corrected chi connectivity index (χ2v) is 9.71. The molecule has 9 nitrogen and oxygen atoms in total. The van der Waals surface area contributed by atoms with E-state index in [2.05, 4.69) is 15.5 Å². The Morgan fingerprint density at radius 1 is 1.26 bits per heavy atom. The second-order valence-electron chi connectivity index (χ2n) is 8.65. The largest absolute Gasteiger partial charge is 0.459 e. The van der Waals surface area contributed by atoms with Crippen LogP contribution in [-0.2, 0) is 16.1 Å². The summed E-state index contributed by atoms with van der Waals surface area (Å²) in [6.07, 6.45) is -0.596. The lowest BCUT2D eigenvalue weighted by molar-refractivity contribution is -0.156. The predicted molar refractivity (Wildman–Crippen MR) is 118 cm³/mol. The van der Waals surface area contributed by atoms with Crippen LogP contribution < -0.4 is 5.32 Å². The number of β-amino-alcohol motifs (C(OH)–C–C–N with tert-alkyl or cyclic N) is 1. The molecule has 0 bridgehead atoms. The summed E-state index contributed by atoms with van der Waals surface area (Å²) in [6, 6.07) is 8.98. The van der Waals surface area contributed by atoms with Crippen molar-refractivity contribution < 1.29 is 19.4 Å². The average molecular weight is 448 g/mol. The van der Waals surface area contributed by atoms with E-state index in [1.165, 1.54) is 11.3 Å². The van der Waals surface area contributed by atoms with Gasteiger partial charge in [-0.3, -0.25) is 19.4 Å². The maximum atomic E-state index is 12.4. The van der Waals surface area contributed by atoms with Crippen molar-refractivity contribution >= 4 is 28.9 Å². The molecule has 1 fully saturated rings. The van der Waals surface area contributed by atoms with E-state index in [1.54, 1.807) is 19.2 Å². The highest BCUT2D eigenvalue weighted by molar-refractivity contribution is 7.13. The van der Waals surface area contributed by atoms with Gasteiger partial charge in [0.05, 0.1) is 19.2 Å². The Morgan fingerprint density at radius 2 is 1.97 bits per heavy atom. The zero-order valence-corrected chi connectivity index (χ0v) is 19.1. The Kier molecular flexibility index (Phi) is 7.37. The third-order valence-corrected chi connectivity index (χ3v) is 5.66. The van der Waals surface area contributed by atoms with Crippen LogP contribution in [0, 0.1) is 0 Å². The summed E-state index contributed by atoms with van der Waals surface area (Å²) in [7, 11) is 1.80. The van der Waals surface area contributed by atoms with Crippen LogP contribution in [0.15, 0.2) is 30.3 Å². The lowest BCUT2D eigenvalue weighted by atomic mass is 10.2. The highest BCUT2D eigenvalue weighted by Crippen LogP contribution is 2.21. The van der Waals surface area contributed by atoms with E-state index in [1.807, 2.05) is 48.8 Å². The van der Waals surface area contributed by atoms with Crippen molar-refractivity contribution in [2.75, 3.05) is 32.0 Å². The highest BCUT2D eigenvalue weighted by Gasteiger charge is 2.35. The lowest BCUT2D eigenvalue weighted by Crippen LogP contribution is -2.44. The minimum Gasteiger partial charge on any atom is -0.459 e. The number of hydrogen-bond acceptors (Lipinski definition) is 9. The molecule has 31 heavy (non-hydrogen) atoms. The summed E-state index contributed by atoms with van der Waals surface area (Å²) in [4.78, 5) is 28.3. The Morgan fingerprint density at radius 3 is 2.65 bits per heavy atom. The van der Waals surface area contributed by atoms with Crippen LogP contribution in [0.25, 0.3) is 0 Å². The van der Waals surface area contributed by atoms with E-state index in [0.717, 1.165) is 0 Å². The van der Waals surface area contributed by atoms with Gasteiger partial charge in [0.2, 0.25) is 5.01 Å². The number of esters is 1. The van der Waals surface area contributed by atoms with Gasteiger partial charge in [-0.1, -0.05) is 29.5 Å². The van der Waals surface area contributed by atoms with Gasteiger partial charge in [-0.05, 0) is 40.0 Å². The number of likely N-dealkylation sites (N-methyl/N-ethyl adjacent to an activating group) is 1. The fourth-order valence-corrected chi connectivity index (χ4v) is 4.19. The third kappa shape index (κ3) is 6.79. The quantitative estimate of drug-likeness (QED) is 0.617. The first-order valence-corrected chi connectivity index (χ1v) is 10.9. The number of para-hydroxylation sites is 1. The Labute approximate surface area is 186 Å². The number of carbonyl (C=O) groups is 2. The van der Waals surface area contributed by atoms with Crippen LogP contribution in [0.5, 0.6) is 0 Å². The van der Waals surface area contributed by atoms with Crippen molar-refractivity contribution in [3.8, 4) is 0 Å². The van der Waals surface area contributed by atoms with Gasteiger partial charge in [0.15, 0.2) is 0 Å². The van der Waals surface area contributed by atoms with Gasteiger partial charge in [0, 0.05) is 24.8 Å². The molecule has 2 N–H and O–H groups in total. The molecule has 1 aromatic carbocycles. The molecular formula is C21H29N5O4S. The summed E-state index contributed by atoms with van der Waals surface area (Å²) in [6.45, 7) is 7.09. The van der Waals surface area contributed by atoms with Gasteiger partial charge in [0.1, 0.15) is 10.6 Å². The van der Waals surface area contributed by atoms with Gasteiger partial charge >= 0.3 is 5.97 Å². The van der Waals surface area contributed by atoms with E-state index >= 15 is 0 Å². The summed E-state index contributed by atoms with van der Waals surface area (Å²) >= 11 is 1.23. The molecule has 2 atom stereocenters. The molecule has 1 aliphatic rings.